The molecule has 0 aliphatic carbocycles. The summed E-state index contributed by atoms with van der Waals surface area (Å²) < 4.78 is 0. The highest BCUT2D eigenvalue weighted by molar-refractivity contribution is 5.84. The van der Waals surface area contributed by atoms with Gasteiger partial charge in [0.15, 0.2) is 0 Å². The molecule has 3 amide bonds. The van der Waals surface area contributed by atoms with Crippen molar-refractivity contribution < 1.29 is 9.59 Å². The smallest absolute Gasteiger partial charge is 0.315 e. The van der Waals surface area contributed by atoms with E-state index in [4.69, 9.17) is 0 Å². The molecule has 14 heavy (non-hydrogen) atoms. The summed E-state index contributed by atoms with van der Waals surface area (Å²) in [5.41, 5.74) is -0.286. The maximum Gasteiger partial charge on any atom is 0.315 e. The molecule has 0 spiro atoms. The van der Waals surface area contributed by atoms with E-state index in [-0.39, 0.29) is 24.0 Å². The highest BCUT2D eigenvalue weighted by Gasteiger charge is 2.13. The minimum Gasteiger partial charge on any atom is -0.355 e. The number of hydrogen-bond acceptors (Lipinski definition) is 2. The van der Waals surface area contributed by atoms with Gasteiger partial charge in [0, 0.05) is 12.1 Å². The summed E-state index contributed by atoms with van der Waals surface area (Å²) in [6, 6.07) is -0.330. The van der Waals surface area contributed by atoms with Gasteiger partial charge >= 0.3 is 6.03 Å². The van der Waals surface area contributed by atoms with Crippen molar-refractivity contribution >= 4 is 11.9 Å². The molecule has 0 aliphatic heterocycles. The average molecular weight is 201 g/mol. The summed E-state index contributed by atoms with van der Waals surface area (Å²) in [6.45, 7) is 8.03. The second-order valence-electron chi connectivity index (χ2n) is 4.01. The first kappa shape index (κ1) is 12.7. The van der Waals surface area contributed by atoms with Crippen molar-refractivity contribution in [3.05, 3.63) is 0 Å². The maximum atomic E-state index is 11.2. The summed E-state index contributed by atoms with van der Waals surface area (Å²) in [6.07, 6.45) is 0. The number of urea groups is 1. The summed E-state index contributed by atoms with van der Waals surface area (Å²) >= 11 is 0. The van der Waals surface area contributed by atoms with Crippen molar-refractivity contribution in [1.82, 2.24) is 16.0 Å². The molecule has 0 fully saturated rings. The van der Waals surface area contributed by atoms with Crippen LogP contribution in [-0.2, 0) is 4.79 Å². The van der Waals surface area contributed by atoms with Crippen molar-refractivity contribution in [2.45, 2.75) is 33.2 Å². The first-order valence-electron chi connectivity index (χ1n) is 4.68. The fourth-order valence-corrected chi connectivity index (χ4v) is 0.805. The van der Waals surface area contributed by atoms with Crippen LogP contribution >= 0.6 is 0 Å². The van der Waals surface area contributed by atoms with Gasteiger partial charge in [-0.25, -0.2) is 4.79 Å². The Bertz CT molecular complexity index is 209. The van der Waals surface area contributed by atoms with E-state index >= 15 is 0 Å². The molecule has 3 N–H and O–H groups in total. The van der Waals surface area contributed by atoms with Gasteiger partial charge < -0.3 is 16.0 Å². The number of nitrogens with one attached hydrogen (secondary N) is 3. The first-order valence-corrected chi connectivity index (χ1v) is 4.68. The lowest BCUT2D eigenvalue weighted by atomic mass is 10.1. The Kier molecular flexibility index (Phi) is 4.97. The molecule has 5 heteroatoms. The fraction of sp³-hybridized carbons (Fsp3) is 0.778. The number of likely N-dealkylation sites (N-methyl/N-ethyl adjacent to an activating group) is 1. The molecule has 0 aromatic rings. The predicted molar refractivity (Wildman–Crippen MR) is 55.0 cm³/mol. The van der Waals surface area contributed by atoms with Crippen LogP contribution in [0.15, 0.2) is 0 Å². The van der Waals surface area contributed by atoms with Crippen LogP contribution in [-0.4, -0.2) is 30.6 Å². The van der Waals surface area contributed by atoms with E-state index in [1.807, 2.05) is 27.7 Å². The number of rotatable bonds is 3. The zero-order valence-electron chi connectivity index (χ0n) is 9.23. The Morgan fingerprint density at radius 2 is 1.71 bits per heavy atom. The van der Waals surface area contributed by atoms with Crippen molar-refractivity contribution in [2.24, 2.45) is 0 Å². The molecule has 0 aromatic heterocycles. The lowest BCUT2D eigenvalue weighted by Crippen LogP contribution is -2.48. The molecule has 0 saturated heterocycles. The van der Waals surface area contributed by atoms with Gasteiger partial charge in [-0.15, -0.1) is 0 Å². The zero-order chi connectivity index (χ0) is 11.2. The van der Waals surface area contributed by atoms with Gasteiger partial charge in [-0.2, -0.15) is 0 Å². The van der Waals surface area contributed by atoms with Crippen molar-refractivity contribution in [1.29, 1.82) is 0 Å². The monoisotopic (exact) mass is 201 g/mol. The van der Waals surface area contributed by atoms with Gasteiger partial charge in [-0.3, -0.25) is 4.79 Å². The molecule has 0 bridgehead atoms. The molecule has 0 aliphatic rings. The van der Waals surface area contributed by atoms with Crippen molar-refractivity contribution in [3.8, 4) is 0 Å². The van der Waals surface area contributed by atoms with E-state index in [0.29, 0.717) is 6.54 Å². The standard InChI is InChI=1S/C9H19N3O2/c1-5-10-7(13)6-11-8(14)12-9(2,3)4/h5-6H2,1-4H3,(H,10,13)(H2,11,12,14). The largest absolute Gasteiger partial charge is 0.355 e. The zero-order valence-corrected chi connectivity index (χ0v) is 9.23. The van der Waals surface area contributed by atoms with Crippen LogP contribution in [0, 0.1) is 0 Å². The summed E-state index contributed by atoms with van der Waals surface area (Å²) in [4.78, 5) is 22.1. The summed E-state index contributed by atoms with van der Waals surface area (Å²) in [5.74, 6) is -0.184. The molecular formula is C9H19N3O2. The number of hydrogen-bond donors (Lipinski definition) is 3. The third kappa shape index (κ3) is 7.39. The Morgan fingerprint density at radius 3 is 2.14 bits per heavy atom. The molecule has 0 unspecified atom stereocenters. The number of amides is 3. The van der Waals surface area contributed by atoms with Crippen LogP contribution in [0.5, 0.6) is 0 Å². The maximum absolute atomic E-state index is 11.2. The molecule has 5 nitrogen and oxygen atoms in total. The SMILES string of the molecule is CCNC(=O)CNC(=O)NC(C)(C)C. The van der Waals surface area contributed by atoms with Gasteiger partial charge in [0.2, 0.25) is 5.91 Å². The molecule has 0 heterocycles. The van der Waals surface area contributed by atoms with Crippen LogP contribution in [0.1, 0.15) is 27.7 Å². The lowest BCUT2D eigenvalue weighted by molar-refractivity contribution is -0.120. The van der Waals surface area contributed by atoms with Crippen LogP contribution in [0.25, 0.3) is 0 Å². The van der Waals surface area contributed by atoms with Gasteiger partial charge in [-0.1, -0.05) is 0 Å². The van der Waals surface area contributed by atoms with Gasteiger partial charge in [0.1, 0.15) is 0 Å². The van der Waals surface area contributed by atoms with Gasteiger partial charge in [0.25, 0.3) is 0 Å². The Labute approximate surface area is 84.6 Å². The van der Waals surface area contributed by atoms with E-state index in [0.717, 1.165) is 0 Å². The Balaban J connectivity index is 3.70. The third-order valence-electron chi connectivity index (χ3n) is 1.27. The van der Waals surface area contributed by atoms with Crippen LogP contribution < -0.4 is 16.0 Å². The minimum atomic E-state index is -0.330. The lowest BCUT2D eigenvalue weighted by Gasteiger charge is -2.20. The molecule has 0 atom stereocenters. The van der Waals surface area contributed by atoms with Crippen molar-refractivity contribution in [2.75, 3.05) is 13.1 Å². The molecule has 0 rings (SSSR count). The Hall–Kier alpha value is -1.26. The van der Waals surface area contributed by atoms with Crippen LogP contribution in [0.4, 0.5) is 4.79 Å². The van der Waals surface area contributed by atoms with Crippen molar-refractivity contribution in [3.63, 3.8) is 0 Å². The second kappa shape index (κ2) is 5.47. The van der Waals surface area contributed by atoms with E-state index < -0.39 is 0 Å². The van der Waals surface area contributed by atoms with Crippen LogP contribution in [0.3, 0.4) is 0 Å². The highest BCUT2D eigenvalue weighted by atomic mass is 16.2. The third-order valence-corrected chi connectivity index (χ3v) is 1.27. The molecule has 82 valence electrons. The second-order valence-corrected chi connectivity index (χ2v) is 4.01. The molecule has 0 saturated carbocycles. The van der Waals surface area contributed by atoms with E-state index in [1.165, 1.54) is 0 Å². The van der Waals surface area contributed by atoms with Gasteiger partial charge in [-0.05, 0) is 27.7 Å². The van der Waals surface area contributed by atoms with E-state index in [9.17, 15) is 9.59 Å². The number of carbonyl (C=O) groups excluding carboxylic acids is 2. The topological polar surface area (TPSA) is 70.2 Å². The predicted octanol–water partition coefficient (Wildman–Crippen LogP) is 0.220. The normalized spacial score (nSPS) is 10.6. The average Bonchev–Trinajstić information content (AvgIpc) is 1.98. The molecule has 0 radical (unpaired) electrons. The van der Waals surface area contributed by atoms with E-state index in [1.54, 1.807) is 0 Å². The van der Waals surface area contributed by atoms with Gasteiger partial charge in [0.05, 0.1) is 6.54 Å². The summed E-state index contributed by atoms with van der Waals surface area (Å²) in [5, 5.41) is 7.73. The highest BCUT2D eigenvalue weighted by Crippen LogP contribution is 1.96. The fourth-order valence-electron chi connectivity index (χ4n) is 0.805. The Morgan fingerprint density at radius 1 is 1.14 bits per heavy atom. The minimum absolute atomic E-state index is 0.00968. The summed E-state index contributed by atoms with van der Waals surface area (Å²) in [7, 11) is 0. The molecule has 0 aromatic carbocycles. The van der Waals surface area contributed by atoms with E-state index in [2.05, 4.69) is 16.0 Å². The number of carbonyl (C=O) groups is 2. The van der Waals surface area contributed by atoms with Crippen LogP contribution in [0.2, 0.25) is 0 Å². The first-order chi connectivity index (χ1) is 6.35. The quantitative estimate of drug-likeness (QED) is 0.611. The molecular weight excluding hydrogens is 182 g/mol.